The molecule has 4 heterocycles. The SMILES string of the molecule is Cc1nn(-c2ccccc2)c2sc(C(=O)N3CCCN(c4nc5ccccc5[nH]4)CC3)cc12. The van der Waals surface area contributed by atoms with Crippen LogP contribution >= 0.6 is 11.3 Å². The van der Waals surface area contributed by atoms with Crippen LogP contribution in [0.1, 0.15) is 21.8 Å². The minimum absolute atomic E-state index is 0.0988. The number of carbonyl (C=O) groups excluding carboxylic acids is 1. The quantitative estimate of drug-likeness (QED) is 0.430. The first kappa shape index (κ1) is 20.0. The third kappa shape index (κ3) is 3.56. The molecule has 1 amide bonds. The number of fused-ring (bicyclic) bond motifs is 2. The molecule has 1 aliphatic heterocycles. The normalized spacial score (nSPS) is 14.8. The van der Waals surface area contributed by atoms with Crippen molar-refractivity contribution in [3.05, 3.63) is 71.2 Å². The lowest BCUT2D eigenvalue weighted by molar-refractivity contribution is 0.0772. The van der Waals surface area contributed by atoms with Gasteiger partial charge in [0.15, 0.2) is 0 Å². The number of aromatic amines is 1. The van der Waals surface area contributed by atoms with Crippen molar-refractivity contribution >= 4 is 44.4 Å². The van der Waals surface area contributed by atoms with Gasteiger partial charge in [-0.2, -0.15) is 5.10 Å². The smallest absolute Gasteiger partial charge is 0.264 e. The van der Waals surface area contributed by atoms with E-state index in [1.807, 2.05) is 77.2 Å². The van der Waals surface area contributed by atoms with Gasteiger partial charge in [-0.05, 0) is 43.7 Å². The summed E-state index contributed by atoms with van der Waals surface area (Å²) in [5.74, 6) is 0.979. The molecule has 1 N–H and O–H groups in total. The van der Waals surface area contributed by atoms with Crippen molar-refractivity contribution in [2.75, 3.05) is 31.1 Å². The molecule has 0 aliphatic carbocycles. The second-order valence-corrected chi connectivity index (χ2v) is 9.40. The fourth-order valence-corrected chi connectivity index (χ4v) is 5.62. The average molecular weight is 457 g/mol. The Balaban J connectivity index is 1.23. The zero-order valence-electron chi connectivity index (χ0n) is 18.4. The first-order valence-electron chi connectivity index (χ1n) is 11.2. The molecule has 2 aromatic carbocycles. The summed E-state index contributed by atoms with van der Waals surface area (Å²) < 4.78 is 1.94. The summed E-state index contributed by atoms with van der Waals surface area (Å²) in [7, 11) is 0. The van der Waals surface area contributed by atoms with Crippen LogP contribution in [0.3, 0.4) is 0 Å². The molecule has 0 atom stereocenters. The number of anilines is 1. The number of amides is 1. The van der Waals surface area contributed by atoms with Gasteiger partial charge in [-0.1, -0.05) is 30.3 Å². The van der Waals surface area contributed by atoms with E-state index in [9.17, 15) is 4.79 Å². The number of rotatable bonds is 3. The average Bonchev–Trinajstić information content (AvgIpc) is 3.49. The third-order valence-corrected chi connectivity index (χ3v) is 7.31. The lowest BCUT2D eigenvalue weighted by atomic mass is 10.3. The topological polar surface area (TPSA) is 70.1 Å². The summed E-state index contributed by atoms with van der Waals surface area (Å²) in [6.07, 6.45) is 0.907. The molecule has 1 saturated heterocycles. The van der Waals surface area contributed by atoms with E-state index in [0.717, 1.165) is 69.5 Å². The number of H-pyrrole nitrogens is 1. The molecule has 8 heteroatoms. The van der Waals surface area contributed by atoms with Gasteiger partial charge in [0, 0.05) is 31.6 Å². The Hall–Kier alpha value is -3.65. The van der Waals surface area contributed by atoms with Crippen LogP contribution in [-0.2, 0) is 0 Å². The maximum absolute atomic E-state index is 13.4. The standard InChI is InChI=1S/C25H24N6OS/c1-17-19-16-22(33-24(19)31(28-17)18-8-3-2-4-9-18)23(32)29-12-7-13-30(15-14-29)25-26-20-10-5-6-11-21(20)27-25/h2-6,8-11,16H,7,12-15H2,1H3,(H,26,27). The van der Waals surface area contributed by atoms with Gasteiger partial charge in [-0.15, -0.1) is 11.3 Å². The molecular weight excluding hydrogens is 432 g/mol. The molecule has 6 rings (SSSR count). The predicted molar refractivity (Wildman–Crippen MR) is 133 cm³/mol. The van der Waals surface area contributed by atoms with Crippen LogP contribution in [-0.4, -0.2) is 56.7 Å². The van der Waals surface area contributed by atoms with Crippen molar-refractivity contribution in [3.8, 4) is 5.69 Å². The van der Waals surface area contributed by atoms with Crippen LogP contribution in [0.25, 0.3) is 26.9 Å². The molecule has 0 unspecified atom stereocenters. The van der Waals surface area contributed by atoms with E-state index in [1.54, 1.807) is 0 Å². The first-order valence-corrected chi connectivity index (χ1v) is 12.0. The van der Waals surface area contributed by atoms with E-state index in [1.165, 1.54) is 11.3 Å². The summed E-state index contributed by atoms with van der Waals surface area (Å²) in [6.45, 7) is 5.05. The number of nitrogens with zero attached hydrogens (tertiary/aromatic N) is 5. The molecule has 0 radical (unpaired) electrons. The summed E-state index contributed by atoms with van der Waals surface area (Å²) in [6, 6.07) is 20.1. The number of benzene rings is 2. The second-order valence-electron chi connectivity index (χ2n) is 8.37. The lowest BCUT2D eigenvalue weighted by Crippen LogP contribution is -2.35. The van der Waals surface area contributed by atoms with Crippen LogP contribution < -0.4 is 4.90 Å². The highest BCUT2D eigenvalue weighted by atomic mass is 32.1. The number of hydrogen-bond donors (Lipinski definition) is 1. The number of nitrogens with one attached hydrogen (secondary N) is 1. The van der Waals surface area contributed by atoms with Crippen molar-refractivity contribution in [1.29, 1.82) is 0 Å². The van der Waals surface area contributed by atoms with E-state index in [-0.39, 0.29) is 5.91 Å². The van der Waals surface area contributed by atoms with E-state index in [2.05, 4.69) is 9.88 Å². The summed E-state index contributed by atoms with van der Waals surface area (Å²) in [5.41, 5.74) is 3.96. The van der Waals surface area contributed by atoms with Crippen molar-refractivity contribution in [1.82, 2.24) is 24.6 Å². The molecule has 0 saturated carbocycles. The van der Waals surface area contributed by atoms with Gasteiger partial charge in [-0.3, -0.25) is 4.79 Å². The molecular formula is C25H24N6OS. The van der Waals surface area contributed by atoms with Crippen LogP contribution in [0.2, 0.25) is 0 Å². The molecule has 7 nitrogen and oxygen atoms in total. The fraction of sp³-hybridized carbons (Fsp3) is 0.240. The summed E-state index contributed by atoms with van der Waals surface area (Å²) >= 11 is 1.53. The summed E-state index contributed by atoms with van der Waals surface area (Å²) in [5, 5.41) is 5.74. The van der Waals surface area contributed by atoms with Gasteiger partial charge in [0.05, 0.1) is 27.3 Å². The number of aromatic nitrogens is 4. The number of thiophene rings is 1. The zero-order chi connectivity index (χ0) is 22.4. The number of aryl methyl sites for hydroxylation is 1. The maximum atomic E-state index is 13.4. The van der Waals surface area contributed by atoms with Gasteiger partial charge >= 0.3 is 0 Å². The molecule has 5 aromatic rings. The minimum Gasteiger partial charge on any atom is -0.341 e. The van der Waals surface area contributed by atoms with Crippen molar-refractivity contribution in [2.45, 2.75) is 13.3 Å². The highest BCUT2D eigenvalue weighted by Crippen LogP contribution is 2.31. The van der Waals surface area contributed by atoms with Gasteiger partial charge in [0.2, 0.25) is 5.95 Å². The summed E-state index contributed by atoms with van der Waals surface area (Å²) in [4.78, 5) is 27.6. The zero-order valence-corrected chi connectivity index (χ0v) is 19.2. The Labute approximate surface area is 195 Å². The third-order valence-electron chi connectivity index (χ3n) is 6.22. The van der Waals surface area contributed by atoms with Crippen LogP contribution in [0.4, 0.5) is 5.95 Å². The van der Waals surface area contributed by atoms with Crippen LogP contribution in [0.15, 0.2) is 60.7 Å². The molecule has 1 aliphatic rings. The molecule has 166 valence electrons. The predicted octanol–water partition coefficient (Wildman–Crippen LogP) is 4.62. The van der Waals surface area contributed by atoms with Crippen molar-refractivity contribution < 1.29 is 4.79 Å². The van der Waals surface area contributed by atoms with Gasteiger partial charge in [0.1, 0.15) is 4.83 Å². The Morgan fingerprint density at radius 1 is 1.00 bits per heavy atom. The monoisotopic (exact) mass is 456 g/mol. The molecule has 33 heavy (non-hydrogen) atoms. The van der Waals surface area contributed by atoms with E-state index >= 15 is 0 Å². The molecule has 3 aromatic heterocycles. The van der Waals surface area contributed by atoms with Gasteiger partial charge < -0.3 is 14.8 Å². The fourth-order valence-electron chi connectivity index (χ4n) is 4.47. The molecule has 0 bridgehead atoms. The van der Waals surface area contributed by atoms with Crippen molar-refractivity contribution in [2.24, 2.45) is 0 Å². The van der Waals surface area contributed by atoms with Crippen LogP contribution in [0, 0.1) is 6.92 Å². The maximum Gasteiger partial charge on any atom is 0.264 e. The Morgan fingerprint density at radius 3 is 2.67 bits per heavy atom. The Bertz CT molecular complexity index is 1420. The van der Waals surface area contributed by atoms with Gasteiger partial charge in [-0.25, -0.2) is 9.67 Å². The highest BCUT2D eigenvalue weighted by Gasteiger charge is 2.24. The molecule has 1 fully saturated rings. The molecule has 0 spiro atoms. The second kappa shape index (κ2) is 8.04. The number of carbonyl (C=O) groups is 1. The lowest BCUT2D eigenvalue weighted by Gasteiger charge is -2.21. The van der Waals surface area contributed by atoms with E-state index < -0.39 is 0 Å². The van der Waals surface area contributed by atoms with Crippen molar-refractivity contribution in [3.63, 3.8) is 0 Å². The highest BCUT2D eigenvalue weighted by molar-refractivity contribution is 7.20. The van der Waals surface area contributed by atoms with Crippen LogP contribution in [0.5, 0.6) is 0 Å². The number of imidazole rings is 1. The first-order chi connectivity index (χ1) is 16.2. The van der Waals surface area contributed by atoms with E-state index in [0.29, 0.717) is 6.54 Å². The minimum atomic E-state index is 0.0988. The van der Waals surface area contributed by atoms with E-state index in [4.69, 9.17) is 10.1 Å². The van der Waals surface area contributed by atoms with Gasteiger partial charge in [0.25, 0.3) is 5.91 Å². The largest absolute Gasteiger partial charge is 0.341 e. The Morgan fingerprint density at radius 2 is 1.82 bits per heavy atom. The Kier molecular flexibility index (Phi) is 4.87. The number of para-hydroxylation sites is 3. The number of hydrogen-bond acceptors (Lipinski definition) is 5.